The Morgan fingerprint density at radius 1 is 1.20 bits per heavy atom. The van der Waals surface area contributed by atoms with Gasteiger partial charge in [-0.25, -0.2) is 9.97 Å². The highest BCUT2D eigenvalue weighted by molar-refractivity contribution is 9.10. The maximum Gasteiger partial charge on any atom is 0.225 e. The molecule has 102 valence electrons. The molecule has 0 unspecified atom stereocenters. The van der Waals surface area contributed by atoms with Crippen molar-refractivity contribution in [2.75, 3.05) is 31.1 Å². The van der Waals surface area contributed by atoms with Gasteiger partial charge < -0.3 is 10.2 Å². The Morgan fingerprint density at radius 3 is 2.90 bits per heavy atom. The lowest BCUT2D eigenvalue weighted by Gasteiger charge is -2.27. The highest BCUT2D eigenvalue weighted by Gasteiger charge is 2.24. The summed E-state index contributed by atoms with van der Waals surface area (Å²) < 4.78 is 1.16. The molecule has 0 atom stereocenters. The van der Waals surface area contributed by atoms with Crippen molar-refractivity contribution < 1.29 is 0 Å². The van der Waals surface area contributed by atoms with Gasteiger partial charge in [0.15, 0.2) is 0 Å². The van der Waals surface area contributed by atoms with Crippen molar-refractivity contribution >= 4 is 21.9 Å². The van der Waals surface area contributed by atoms with Crippen molar-refractivity contribution in [3.05, 3.63) is 40.0 Å². The van der Waals surface area contributed by atoms with Crippen LogP contribution in [0.2, 0.25) is 0 Å². The van der Waals surface area contributed by atoms with Gasteiger partial charge in [0, 0.05) is 54.4 Å². The van der Waals surface area contributed by atoms with Crippen LogP contribution >= 0.6 is 15.9 Å². The van der Waals surface area contributed by atoms with E-state index in [0.717, 1.165) is 48.7 Å². The molecule has 2 aromatic rings. The topological polar surface area (TPSA) is 41.1 Å². The van der Waals surface area contributed by atoms with Crippen molar-refractivity contribution in [2.45, 2.75) is 6.42 Å². The maximum absolute atomic E-state index is 4.83. The van der Waals surface area contributed by atoms with Crippen molar-refractivity contribution in [1.82, 2.24) is 15.3 Å². The molecule has 5 heteroatoms. The molecule has 1 aromatic heterocycles. The number of fused-ring (bicyclic) bond motifs is 3. The van der Waals surface area contributed by atoms with Crippen LogP contribution in [0.4, 0.5) is 5.95 Å². The summed E-state index contributed by atoms with van der Waals surface area (Å²) in [7, 11) is 0. The number of rotatable bonds is 1. The van der Waals surface area contributed by atoms with E-state index in [2.05, 4.69) is 49.3 Å². The van der Waals surface area contributed by atoms with Gasteiger partial charge in [-0.05, 0) is 11.6 Å². The number of halogens is 1. The molecule has 20 heavy (non-hydrogen) atoms. The number of benzene rings is 1. The van der Waals surface area contributed by atoms with Gasteiger partial charge in [-0.2, -0.15) is 0 Å². The third-order valence-corrected chi connectivity index (χ3v) is 4.74. The molecule has 0 radical (unpaired) electrons. The van der Waals surface area contributed by atoms with Gasteiger partial charge in [-0.1, -0.05) is 28.1 Å². The van der Waals surface area contributed by atoms with Gasteiger partial charge in [0.25, 0.3) is 0 Å². The third kappa shape index (κ3) is 1.93. The molecule has 0 spiro atoms. The van der Waals surface area contributed by atoms with E-state index in [0.29, 0.717) is 0 Å². The minimum Gasteiger partial charge on any atom is -0.338 e. The van der Waals surface area contributed by atoms with E-state index >= 15 is 0 Å². The fourth-order valence-corrected chi connectivity index (χ4v) is 3.43. The number of nitrogens with one attached hydrogen (secondary N) is 1. The van der Waals surface area contributed by atoms with Crippen LogP contribution in [0.3, 0.4) is 0 Å². The lowest BCUT2D eigenvalue weighted by Crippen LogP contribution is -2.44. The molecule has 4 rings (SSSR count). The summed E-state index contributed by atoms with van der Waals surface area (Å²) in [5.74, 6) is 0.859. The highest BCUT2D eigenvalue weighted by Crippen LogP contribution is 2.39. The molecule has 1 aliphatic heterocycles. The fraction of sp³-hybridized carbons (Fsp3) is 0.333. The van der Waals surface area contributed by atoms with Crippen LogP contribution in [-0.4, -0.2) is 36.1 Å². The summed E-state index contributed by atoms with van der Waals surface area (Å²) in [6.45, 7) is 3.96. The second-order valence-corrected chi connectivity index (χ2v) is 6.08. The minimum absolute atomic E-state index is 0.859. The zero-order valence-corrected chi connectivity index (χ0v) is 12.7. The van der Waals surface area contributed by atoms with E-state index in [1.165, 1.54) is 16.7 Å². The molecular weight excluding hydrogens is 316 g/mol. The maximum atomic E-state index is 4.83. The monoisotopic (exact) mass is 330 g/mol. The van der Waals surface area contributed by atoms with Gasteiger partial charge in [0.2, 0.25) is 5.95 Å². The summed E-state index contributed by atoms with van der Waals surface area (Å²) in [6.07, 6.45) is 2.92. The minimum atomic E-state index is 0.859. The predicted octanol–water partition coefficient (Wildman–Crippen LogP) is 2.22. The molecule has 1 aliphatic carbocycles. The first-order valence-corrected chi connectivity index (χ1v) is 7.71. The van der Waals surface area contributed by atoms with Gasteiger partial charge in [0.05, 0.1) is 5.69 Å². The Kier molecular flexibility index (Phi) is 2.97. The second-order valence-electron chi connectivity index (χ2n) is 5.22. The first-order chi connectivity index (χ1) is 9.83. The third-order valence-electron chi connectivity index (χ3n) is 3.99. The molecule has 1 N–H and O–H groups in total. The average Bonchev–Trinajstić information content (AvgIpc) is 2.88. The number of aromatic nitrogens is 2. The summed E-state index contributed by atoms with van der Waals surface area (Å²) >= 11 is 3.63. The molecule has 2 heterocycles. The molecule has 1 saturated heterocycles. The number of hydrogen-bond acceptors (Lipinski definition) is 4. The molecule has 0 amide bonds. The summed E-state index contributed by atoms with van der Waals surface area (Å²) in [5, 5.41) is 3.36. The summed E-state index contributed by atoms with van der Waals surface area (Å²) in [5.41, 5.74) is 4.90. The first-order valence-electron chi connectivity index (χ1n) is 6.92. The van der Waals surface area contributed by atoms with Gasteiger partial charge in [0.1, 0.15) is 0 Å². The van der Waals surface area contributed by atoms with E-state index in [9.17, 15) is 0 Å². The second kappa shape index (κ2) is 4.82. The van der Waals surface area contributed by atoms with Gasteiger partial charge in [-0.15, -0.1) is 0 Å². The van der Waals surface area contributed by atoms with Crippen LogP contribution in [0.5, 0.6) is 0 Å². The standard InChI is InChI=1S/C15H15BrN4/c16-13-3-1-2-11-12(13)8-10-9-18-15(19-14(10)11)20-6-4-17-5-7-20/h1-3,9,17H,4-8H2. The lowest BCUT2D eigenvalue weighted by atomic mass is 10.1. The largest absolute Gasteiger partial charge is 0.338 e. The Morgan fingerprint density at radius 2 is 2.05 bits per heavy atom. The number of anilines is 1. The van der Waals surface area contributed by atoms with E-state index in [1.807, 2.05) is 6.20 Å². The van der Waals surface area contributed by atoms with Crippen LogP contribution in [0.15, 0.2) is 28.9 Å². The molecule has 2 aliphatic rings. The average molecular weight is 331 g/mol. The van der Waals surface area contributed by atoms with Crippen molar-refractivity contribution in [1.29, 1.82) is 0 Å². The van der Waals surface area contributed by atoms with Crippen LogP contribution in [0.1, 0.15) is 11.1 Å². The van der Waals surface area contributed by atoms with Crippen molar-refractivity contribution in [3.8, 4) is 11.3 Å². The SMILES string of the molecule is Brc1cccc2c1Cc1cnc(N3CCNCC3)nc1-2. The quantitative estimate of drug-likeness (QED) is 0.742. The number of hydrogen-bond donors (Lipinski definition) is 1. The Bertz CT molecular complexity index is 665. The van der Waals surface area contributed by atoms with E-state index in [1.54, 1.807) is 0 Å². The summed E-state index contributed by atoms with van der Waals surface area (Å²) in [6, 6.07) is 6.32. The molecule has 0 saturated carbocycles. The fourth-order valence-electron chi connectivity index (χ4n) is 2.93. The van der Waals surface area contributed by atoms with Crippen LogP contribution < -0.4 is 10.2 Å². The number of nitrogens with zero attached hydrogens (tertiary/aromatic N) is 3. The Balaban J connectivity index is 1.77. The Labute approximate surface area is 126 Å². The van der Waals surface area contributed by atoms with Crippen LogP contribution in [0, 0.1) is 0 Å². The van der Waals surface area contributed by atoms with Crippen LogP contribution in [0.25, 0.3) is 11.3 Å². The molecule has 4 nitrogen and oxygen atoms in total. The lowest BCUT2D eigenvalue weighted by molar-refractivity contribution is 0.580. The van der Waals surface area contributed by atoms with Gasteiger partial charge >= 0.3 is 0 Å². The van der Waals surface area contributed by atoms with Crippen molar-refractivity contribution in [3.63, 3.8) is 0 Å². The van der Waals surface area contributed by atoms with E-state index in [4.69, 9.17) is 4.98 Å². The normalized spacial score (nSPS) is 16.9. The Hall–Kier alpha value is -1.46. The molecule has 1 aromatic carbocycles. The highest BCUT2D eigenvalue weighted by atomic mass is 79.9. The van der Waals surface area contributed by atoms with E-state index < -0.39 is 0 Å². The van der Waals surface area contributed by atoms with Crippen molar-refractivity contribution in [2.24, 2.45) is 0 Å². The molecule has 1 fully saturated rings. The van der Waals surface area contributed by atoms with Gasteiger partial charge in [-0.3, -0.25) is 0 Å². The molecular formula is C15H15BrN4. The number of piperazine rings is 1. The molecule has 0 bridgehead atoms. The zero-order valence-electron chi connectivity index (χ0n) is 11.1. The zero-order chi connectivity index (χ0) is 13.5. The predicted molar refractivity (Wildman–Crippen MR) is 83.1 cm³/mol. The van der Waals surface area contributed by atoms with E-state index in [-0.39, 0.29) is 0 Å². The first kappa shape index (κ1) is 12.3. The summed E-state index contributed by atoms with van der Waals surface area (Å²) in [4.78, 5) is 11.6. The van der Waals surface area contributed by atoms with Crippen LogP contribution in [-0.2, 0) is 6.42 Å². The smallest absolute Gasteiger partial charge is 0.225 e.